The third-order valence-corrected chi connectivity index (χ3v) is 4.11. The molecular weight excluding hydrogens is 275 g/mol. The van der Waals surface area contributed by atoms with Crippen molar-refractivity contribution in [1.29, 1.82) is 0 Å². The lowest BCUT2D eigenvalue weighted by Crippen LogP contribution is -2.06. The largest absolute Gasteiger partial charge is 0.496 e. The molecule has 0 fully saturated rings. The van der Waals surface area contributed by atoms with Crippen molar-refractivity contribution in [2.24, 2.45) is 0 Å². The molecule has 0 atom stereocenters. The number of hydrogen-bond acceptors (Lipinski definition) is 3. The maximum absolute atomic E-state index is 14.0. The number of ketones is 1. The van der Waals surface area contributed by atoms with Crippen molar-refractivity contribution in [1.82, 2.24) is 0 Å². The third kappa shape index (κ3) is 1.98. The van der Waals surface area contributed by atoms with Crippen LogP contribution in [0.2, 0.25) is 0 Å². The van der Waals surface area contributed by atoms with Gasteiger partial charge < -0.3 is 4.74 Å². The molecule has 0 radical (unpaired) electrons. The molecule has 0 aliphatic rings. The van der Waals surface area contributed by atoms with Gasteiger partial charge in [-0.25, -0.2) is 4.39 Å². The molecule has 20 heavy (non-hydrogen) atoms. The van der Waals surface area contributed by atoms with E-state index in [2.05, 4.69) is 0 Å². The first-order valence-corrected chi connectivity index (χ1v) is 6.94. The molecular formula is C16H11FO2S. The molecule has 3 aromatic rings. The zero-order valence-corrected chi connectivity index (χ0v) is 11.5. The smallest absolute Gasteiger partial charge is 0.201 e. The highest BCUT2D eigenvalue weighted by atomic mass is 32.1. The summed E-state index contributed by atoms with van der Waals surface area (Å²) >= 11 is 1.47. The zero-order valence-electron chi connectivity index (χ0n) is 10.7. The van der Waals surface area contributed by atoms with Gasteiger partial charge in [0.15, 0.2) is 0 Å². The molecule has 0 aliphatic heterocycles. The second kappa shape index (κ2) is 5.06. The summed E-state index contributed by atoms with van der Waals surface area (Å²) in [6, 6.07) is 12.0. The van der Waals surface area contributed by atoms with Gasteiger partial charge in [-0.2, -0.15) is 0 Å². The van der Waals surface area contributed by atoms with Crippen molar-refractivity contribution in [2.45, 2.75) is 0 Å². The molecule has 0 saturated heterocycles. The lowest BCUT2D eigenvalue weighted by Gasteiger charge is -2.08. The molecule has 0 unspecified atom stereocenters. The number of methoxy groups -OCH3 is 1. The first kappa shape index (κ1) is 12.8. The van der Waals surface area contributed by atoms with Crippen LogP contribution < -0.4 is 4.74 Å². The summed E-state index contributed by atoms with van der Waals surface area (Å²) in [5.41, 5.74) is 0.493. The number of carbonyl (C=O) groups is 1. The van der Waals surface area contributed by atoms with Crippen LogP contribution in [0.4, 0.5) is 4.39 Å². The zero-order chi connectivity index (χ0) is 14.1. The van der Waals surface area contributed by atoms with E-state index in [4.69, 9.17) is 4.74 Å². The number of benzene rings is 2. The van der Waals surface area contributed by atoms with Gasteiger partial charge in [0, 0.05) is 21.0 Å². The van der Waals surface area contributed by atoms with Crippen molar-refractivity contribution in [3.05, 3.63) is 64.8 Å². The number of fused-ring (bicyclic) bond motifs is 1. The highest BCUT2D eigenvalue weighted by Crippen LogP contribution is 2.31. The highest BCUT2D eigenvalue weighted by molar-refractivity contribution is 7.17. The van der Waals surface area contributed by atoms with E-state index < -0.39 is 5.82 Å². The fourth-order valence-electron chi connectivity index (χ4n) is 2.18. The fourth-order valence-corrected chi connectivity index (χ4v) is 3.12. The van der Waals surface area contributed by atoms with E-state index in [1.165, 1.54) is 30.6 Å². The molecule has 0 spiro atoms. The van der Waals surface area contributed by atoms with Gasteiger partial charge in [0.05, 0.1) is 7.11 Å². The van der Waals surface area contributed by atoms with Crippen LogP contribution in [0.25, 0.3) is 10.1 Å². The molecule has 1 aromatic heterocycles. The van der Waals surface area contributed by atoms with Gasteiger partial charge in [0.25, 0.3) is 0 Å². The number of halogens is 1. The van der Waals surface area contributed by atoms with Crippen molar-refractivity contribution >= 4 is 27.2 Å². The molecule has 0 aliphatic carbocycles. The molecule has 0 amide bonds. The number of hydrogen-bond donors (Lipinski definition) is 0. The summed E-state index contributed by atoms with van der Waals surface area (Å²) in [5.74, 6) is -0.660. The number of carbonyl (C=O) groups excluding carboxylic acids is 1. The van der Waals surface area contributed by atoms with Crippen LogP contribution in [0.3, 0.4) is 0 Å². The van der Waals surface area contributed by atoms with Crippen LogP contribution in [0.15, 0.2) is 47.8 Å². The Bertz CT molecular complexity index is 792. The fraction of sp³-hybridized carbons (Fsp3) is 0.0625. The maximum atomic E-state index is 14.0. The van der Waals surface area contributed by atoms with Crippen molar-refractivity contribution in [2.75, 3.05) is 7.11 Å². The highest BCUT2D eigenvalue weighted by Gasteiger charge is 2.21. The molecule has 3 rings (SSSR count). The first-order valence-electron chi connectivity index (χ1n) is 6.06. The van der Waals surface area contributed by atoms with Crippen LogP contribution in [-0.4, -0.2) is 12.9 Å². The van der Waals surface area contributed by atoms with E-state index in [0.29, 0.717) is 5.56 Å². The minimum atomic E-state index is -0.565. The van der Waals surface area contributed by atoms with E-state index >= 15 is 0 Å². The van der Waals surface area contributed by atoms with E-state index in [-0.39, 0.29) is 17.1 Å². The van der Waals surface area contributed by atoms with Gasteiger partial charge in [-0.3, -0.25) is 4.79 Å². The number of rotatable bonds is 3. The Labute approximate surface area is 119 Å². The normalized spacial score (nSPS) is 10.7. The van der Waals surface area contributed by atoms with Gasteiger partial charge in [-0.15, -0.1) is 11.3 Å². The summed E-state index contributed by atoms with van der Waals surface area (Å²) in [6.45, 7) is 0. The second-order valence-corrected chi connectivity index (χ2v) is 5.20. The molecule has 4 heteroatoms. The van der Waals surface area contributed by atoms with Crippen LogP contribution in [0.1, 0.15) is 15.9 Å². The molecule has 2 nitrogen and oxygen atoms in total. The number of thiophene rings is 1. The topological polar surface area (TPSA) is 26.3 Å². The standard InChI is InChI=1S/C16H11FO2S/c1-19-13-7-4-6-12(17)15(13)16(18)11-9-20-14-8-3-2-5-10(11)14/h2-9H,1H3. The van der Waals surface area contributed by atoms with Crippen LogP contribution in [0, 0.1) is 5.82 Å². The molecule has 0 bridgehead atoms. The van der Waals surface area contributed by atoms with Gasteiger partial charge in [0.2, 0.25) is 5.78 Å². The van der Waals surface area contributed by atoms with Crippen molar-refractivity contribution in [3.63, 3.8) is 0 Å². The van der Waals surface area contributed by atoms with Crippen LogP contribution in [-0.2, 0) is 0 Å². The van der Waals surface area contributed by atoms with E-state index in [1.54, 1.807) is 11.4 Å². The summed E-state index contributed by atoms with van der Waals surface area (Å²) in [7, 11) is 1.43. The Hall–Kier alpha value is -2.20. The van der Waals surface area contributed by atoms with E-state index in [1.807, 2.05) is 24.3 Å². The van der Waals surface area contributed by atoms with Crippen molar-refractivity contribution in [3.8, 4) is 5.75 Å². The lowest BCUT2D eigenvalue weighted by atomic mass is 10.0. The van der Waals surface area contributed by atoms with E-state index in [9.17, 15) is 9.18 Å². The molecule has 100 valence electrons. The summed E-state index contributed by atoms with van der Waals surface area (Å²) < 4.78 is 20.1. The lowest BCUT2D eigenvalue weighted by molar-refractivity contribution is 0.103. The summed E-state index contributed by atoms with van der Waals surface area (Å²) in [5, 5.41) is 2.60. The Kier molecular flexibility index (Phi) is 3.24. The van der Waals surface area contributed by atoms with E-state index in [0.717, 1.165) is 10.1 Å². The molecule has 1 heterocycles. The Morgan fingerprint density at radius 3 is 2.75 bits per heavy atom. The van der Waals surface area contributed by atoms with Crippen LogP contribution in [0.5, 0.6) is 5.75 Å². The SMILES string of the molecule is COc1cccc(F)c1C(=O)c1csc2ccccc12. The Morgan fingerprint density at radius 1 is 1.15 bits per heavy atom. The minimum absolute atomic E-state index is 0.0152. The van der Waals surface area contributed by atoms with Gasteiger partial charge >= 0.3 is 0 Å². The first-order chi connectivity index (χ1) is 9.72. The Balaban J connectivity index is 2.19. The summed E-state index contributed by atoms with van der Waals surface area (Å²) in [4.78, 5) is 12.6. The number of ether oxygens (including phenoxy) is 1. The summed E-state index contributed by atoms with van der Waals surface area (Å²) in [6.07, 6.45) is 0. The minimum Gasteiger partial charge on any atom is -0.496 e. The monoisotopic (exact) mass is 286 g/mol. The van der Waals surface area contributed by atoms with Gasteiger partial charge in [0.1, 0.15) is 17.1 Å². The quantitative estimate of drug-likeness (QED) is 0.672. The van der Waals surface area contributed by atoms with Crippen LogP contribution >= 0.6 is 11.3 Å². The molecule has 0 N–H and O–H groups in total. The van der Waals surface area contributed by atoms with Gasteiger partial charge in [-0.05, 0) is 18.2 Å². The maximum Gasteiger partial charge on any atom is 0.201 e. The second-order valence-electron chi connectivity index (χ2n) is 4.29. The van der Waals surface area contributed by atoms with Crippen molar-refractivity contribution < 1.29 is 13.9 Å². The molecule has 2 aromatic carbocycles. The predicted molar refractivity (Wildman–Crippen MR) is 78.2 cm³/mol. The predicted octanol–water partition coefficient (Wildman–Crippen LogP) is 4.28. The average molecular weight is 286 g/mol. The Morgan fingerprint density at radius 2 is 1.95 bits per heavy atom. The van der Waals surface area contributed by atoms with Gasteiger partial charge in [-0.1, -0.05) is 24.3 Å². The third-order valence-electron chi connectivity index (χ3n) is 3.15. The average Bonchev–Trinajstić information content (AvgIpc) is 2.90. The molecule has 0 saturated carbocycles.